The van der Waals surface area contributed by atoms with Crippen molar-refractivity contribution in [2.45, 2.75) is 5.41 Å². The average molecular weight is 884 g/mol. The van der Waals surface area contributed by atoms with Crippen LogP contribution in [-0.2, 0) is 5.41 Å². The Hall–Kier alpha value is -8.57. The lowest BCUT2D eigenvalue weighted by molar-refractivity contribution is 0.768. The van der Waals surface area contributed by atoms with Gasteiger partial charge in [0, 0.05) is 36.9 Å². The molecule has 3 nitrogen and oxygen atoms in total. The highest BCUT2D eigenvalue weighted by atomic mass is 32.1. The van der Waals surface area contributed by atoms with Gasteiger partial charge in [-0.3, -0.25) is 0 Å². The summed E-state index contributed by atoms with van der Waals surface area (Å²) in [4.78, 5) is 16.3. The maximum Gasteiger partial charge on any atom is 0.164 e. The highest BCUT2D eigenvalue weighted by Gasteiger charge is 2.47. The van der Waals surface area contributed by atoms with Gasteiger partial charge in [0.1, 0.15) is 0 Å². The van der Waals surface area contributed by atoms with Gasteiger partial charge >= 0.3 is 0 Å². The van der Waals surface area contributed by atoms with E-state index in [1.54, 1.807) is 0 Å². The van der Waals surface area contributed by atoms with E-state index < -0.39 is 5.41 Å². The maximum atomic E-state index is 5.48. The smallest absolute Gasteiger partial charge is 0.164 e. The number of hydrogen-bond donors (Lipinski definition) is 0. The molecular weight excluding hydrogens is 843 g/mol. The van der Waals surface area contributed by atoms with Gasteiger partial charge in [0.05, 0.1) is 5.41 Å². The summed E-state index contributed by atoms with van der Waals surface area (Å²) < 4.78 is 2.61. The Balaban J connectivity index is 1.01. The summed E-state index contributed by atoms with van der Waals surface area (Å²) >= 11 is 1.86. The Morgan fingerprint density at radius 1 is 0.294 bits per heavy atom. The third-order valence-electron chi connectivity index (χ3n) is 13.6. The number of fused-ring (bicyclic) bond motifs is 6. The number of hydrogen-bond acceptors (Lipinski definition) is 4. The molecule has 0 saturated heterocycles. The minimum absolute atomic E-state index is 0.561. The first-order valence-corrected chi connectivity index (χ1v) is 23.9. The lowest BCUT2D eigenvalue weighted by Gasteiger charge is -2.33. The second-order valence-electron chi connectivity index (χ2n) is 17.4. The first kappa shape index (κ1) is 39.8. The second kappa shape index (κ2) is 16.4. The molecule has 0 atom stereocenters. The lowest BCUT2D eigenvalue weighted by Crippen LogP contribution is -2.28. The number of rotatable bonds is 8. The Kier molecular flexibility index (Phi) is 9.59. The Labute approximate surface area is 399 Å². The summed E-state index contributed by atoms with van der Waals surface area (Å²) in [5, 5.41) is 2.60. The van der Waals surface area contributed by atoms with E-state index in [1.165, 1.54) is 59.1 Å². The van der Waals surface area contributed by atoms with Crippen LogP contribution in [0.4, 0.5) is 0 Å². The van der Waals surface area contributed by atoms with Crippen molar-refractivity contribution in [2.75, 3.05) is 0 Å². The fourth-order valence-electron chi connectivity index (χ4n) is 10.7. The van der Waals surface area contributed by atoms with E-state index in [1.807, 2.05) is 11.3 Å². The molecule has 0 spiro atoms. The first-order chi connectivity index (χ1) is 33.7. The topological polar surface area (TPSA) is 38.7 Å². The van der Waals surface area contributed by atoms with Gasteiger partial charge in [-0.25, -0.2) is 15.0 Å². The number of benzene rings is 10. The van der Waals surface area contributed by atoms with Gasteiger partial charge in [-0.1, -0.05) is 231 Å². The fourth-order valence-corrected chi connectivity index (χ4v) is 11.9. The van der Waals surface area contributed by atoms with E-state index in [2.05, 4.69) is 249 Å². The Morgan fingerprint density at radius 2 is 0.765 bits per heavy atom. The largest absolute Gasteiger partial charge is 0.208 e. The van der Waals surface area contributed by atoms with Crippen LogP contribution in [0, 0.1) is 0 Å². The molecule has 0 aliphatic heterocycles. The van der Waals surface area contributed by atoms with Gasteiger partial charge in [0.25, 0.3) is 0 Å². The molecule has 1 aliphatic rings. The zero-order chi connectivity index (χ0) is 45.0. The van der Waals surface area contributed by atoms with Gasteiger partial charge < -0.3 is 0 Å². The van der Waals surface area contributed by atoms with Crippen LogP contribution in [-0.4, -0.2) is 15.0 Å². The third-order valence-corrected chi connectivity index (χ3v) is 14.9. The van der Waals surface area contributed by atoms with Crippen molar-refractivity contribution in [3.8, 4) is 78.7 Å². The van der Waals surface area contributed by atoms with Gasteiger partial charge in [0.15, 0.2) is 17.5 Å². The molecule has 0 fully saturated rings. The van der Waals surface area contributed by atoms with Crippen molar-refractivity contribution in [1.82, 2.24) is 15.0 Å². The van der Waals surface area contributed by atoms with Gasteiger partial charge in [-0.15, -0.1) is 11.3 Å². The molecule has 68 heavy (non-hydrogen) atoms. The molecule has 4 heteroatoms. The lowest BCUT2D eigenvalue weighted by atomic mass is 9.67. The number of aromatic nitrogens is 3. The standard InChI is InChI=1S/C64H41N3S/c1-4-20-42(21-5-1)49-30-10-11-32-53(49)62-65-61(46-25-17-23-44(41-46)43-22-16-24-45(40-43)50-34-18-35-52-51-31-13-15-39-58(51)68-60(50)52)66-63(67-62)55-36-19-38-57-59(55)54-33-12-14-37-56(54)64(57,47-26-6-2-7-27-47)48-28-8-3-9-29-48/h1-41H. The molecule has 0 saturated carbocycles. The van der Waals surface area contributed by atoms with Gasteiger partial charge in [-0.2, -0.15) is 0 Å². The summed E-state index contributed by atoms with van der Waals surface area (Å²) in [7, 11) is 0. The quantitative estimate of drug-likeness (QED) is 0.153. The molecule has 2 aromatic heterocycles. The first-order valence-electron chi connectivity index (χ1n) is 23.1. The molecule has 0 unspecified atom stereocenters. The van der Waals surface area contributed by atoms with Crippen molar-refractivity contribution >= 4 is 31.5 Å². The van der Waals surface area contributed by atoms with Gasteiger partial charge in [0.2, 0.25) is 0 Å². The van der Waals surface area contributed by atoms with Crippen molar-refractivity contribution < 1.29 is 0 Å². The SMILES string of the molecule is c1ccc(-c2ccccc2-c2nc(-c3cccc(-c4cccc(-c5cccc6c5sc5ccccc56)c4)c3)nc(-c3cccc4c3-c3ccccc3C4(c3ccccc3)c3ccccc3)n2)cc1. The molecule has 2 heterocycles. The molecule has 318 valence electrons. The molecule has 10 aromatic carbocycles. The molecule has 13 rings (SSSR count). The Morgan fingerprint density at radius 3 is 1.51 bits per heavy atom. The Bertz CT molecular complexity index is 3820. The van der Waals surface area contributed by atoms with E-state index in [0.29, 0.717) is 17.5 Å². The van der Waals surface area contributed by atoms with Crippen LogP contribution in [0.25, 0.3) is 98.8 Å². The van der Waals surface area contributed by atoms with E-state index in [0.717, 1.165) is 44.5 Å². The van der Waals surface area contributed by atoms with E-state index in [9.17, 15) is 0 Å². The normalized spacial score (nSPS) is 12.5. The predicted molar refractivity (Wildman–Crippen MR) is 283 cm³/mol. The molecule has 0 N–H and O–H groups in total. The molecule has 1 aliphatic carbocycles. The van der Waals surface area contributed by atoms with Crippen molar-refractivity contribution in [2.24, 2.45) is 0 Å². The fraction of sp³-hybridized carbons (Fsp3) is 0.0156. The van der Waals surface area contributed by atoms with E-state index >= 15 is 0 Å². The zero-order valence-corrected chi connectivity index (χ0v) is 37.7. The molecule has 0 radical (unpaired) electrons. The van der Waals surface area contributed by atoms with Crippen LogP contribution < -0.4 is 0 Å². The number of nitrogens with zero attached hydrogens (tertiary/aromatic N) is 3. The van der Waals surface area contributed by atoms with Gasteiger partial charge in [-0.05, 0) is 85.0 Å². The highest BCUT2D eigenvalue weighted by molar-refractivity contribution is 7.26. The predicted octanol–water partition coefficient (Wildman–Crippen LogP) is 16.6. The molecule has 0 bridgehead atoms. The van der Waals surface area contributed by atoms with Crippen molar-refractivity contribution in [3.05, 3.63) is 271 Å². The molecule has 0 amide bonds. The van der Waals surface area contributed by atoms with Crippen LogP contribution in [0.2, 0.25) is 0 Å². The minimum Gasteiger partial charge on any atom is -0.208 e. The van der Waals surface area contributed by atoms with Crippen molar-refractivity contribution in [3.63, 3.8) is 0 Å². The van der Waals surface area contributed by atoms with Crippen LogP contribution in [0.15, 0.2) is 249 Å². The summed E-state index contributed by atoms with van der Waals surface area (Å²) in [5.41, 5.74) is 16.2. The van der Waals surface area contributed by atoms with Crippen LogP contribution in [0.3, 0.4) is 0 Å². The maximum absolute atomic E-state index is 5.48. The van der Waals surface area contributed by atoms with Crippen LogP contribution in [0.5, 0.6) is 0 Å². The summed E-state index contributed by atoms with van der Waals surface area (Å²) in [6.45, 7) is 0. The summed E-state index contributed by atoms with van der Waals surface area (Å²) in [6.07, 6.45) is 0. The summed E-state index contributed by atoms with van der Waals surface area (Å²) in [6, 6.07) is 89.2. The average Bonchev–Trinajstić information content (AvgIpc) is 3.96. The highest BCUT2D eigenvalue weighted by Crippen LogP contribution is 2.58. The molecular formula is C64H41N3S. The van der Waals surface area contributed by atoms with Crippen LogP contribution >= 0.6 is 11.3 Å². The second-order valence-corrected chi connectivity index (χ2v) is 18.5. The minimum atomic E-state index is -0.561. The van der Waals surface area contributed by atoms with E-state index in [4.69, 9.17) is 15.0 Å². The van der Waals surface area contributed by atoms with E-state index in [-0.39, 0.29) is 0 Å². The number of thiophene rings is 1. The van der Waals surface area contributed by atoms with Crippen molar-refractivity contribution in [1.29, 1.82) is 0 Å². The molecule has 12 aromatic rings. The van der Waals surface area contributed by atoms with Crippen LogP contribution in [0.1, 0.15) is 22.3 Å². The monoisotopic (exact) mass is 883 g/mol. The summed E-state index contributed by atoms with van der Waals surface area (Å²) in [5.74, 6) is 1.86. The third kappa shape index (κ3) is 6.45. The zero-order valence-electron chi connectivity index (χ0n) is 36.9.